The van der Waals surface area contributed by atoms with E-state index >= 15 is 0 Å². The van der Waals surface area contributed by atoms with E-state index in [0.717, 1.165) is 30.2 Å². The number of carbonyl (C=O) groups is 1. The van der Waals surface area contributed by atoms with Crippen molar-refractivity contribution in [1.29, 1.82) is 0 Å². The van der Waals surface area contributed by atoms with Crippen LogP contribution in [0.4, 0.5) is 0 Å². The quantitative estimate of drug-likeness (QED) is 0.492. The molecule has 2 rings (SSSR count). The molecule has 27 heavy (non-hydrogen) atoms. The van der Waals surface area contributed by atoms with Crippen LogP contribution in [-0.2, 0) is 4.57 Å². The molecule has 8 nitrogen and oxygen atoms in total. The van der Waals surface area contributed by atoms with E-state index in [9.17, 15) is 4.79 Å². The Hall–Kier alpha value is -1.09. The van der Waals surface area contributed by atoms with Crippen LogP contribution in [0.5, 0.6) is 5.75 Å². The van der Waals surface area contributed by atoms with Gasteiger partial charge in [-0.15, -0.1) is 11.8 Å². The predicted octanol–water partition coefficient (Wildman–Crippen LogP) is 0.197. The zero-order chi connectivity index (χ0) is 20.4. The number of hydrogen-bond acceptors (Lipinski definition) is 8. The molecule has 1 heterocycles. The van der Waals surface area contributed by atoms with Gasteiger partial charge in [-0.25, -0.2) is 0 Å². The summed E-state index contributed by atoms with van der Waals surface area (Å²) in [5, 5.41) is 3.08. The molecule has 10 heteroatoms. The lowest BCUT2D eigenvalue weighted by Gasteiger charge is -2.36. The van der Waals surface area contributed by atoms with Gasteiger partial charge in [0.25, 0.3) is 5.91 Å². The minimum atomic E-state index is -5.39. The average molecular weight is 417 g/mol. The van der Waals surface area contributed by atoms with Crippen molar-refractivity contribution in [2.24, 2.45) is 0 Å². The third-order valence-corrected chi connectivity index (χ3v) is 5.01. The molecule has 0 aliphatic carbocycles. The molecule has 0 spiro atoms. The largest absolute Gasteiger partial charge is 0.822 e. The maximum absolute atomic E-state index is 12.5. The Morgan fingerprint density at radius 1 is 1.37 bits per heavy atom. The van der Waals surface area contributed by atoms with Gasteiger partial charge in [0.2, 0.25) is 0 Å². The first-order chi connectivity index (χ1) is 12.7. The first-order valence-corrected chi connectivity index (χ1v) is 11.2. The van der Waals surface area contributed by atoms with Crippen molar-refractivity contribution in [3.63, 3.8) is 0 Å². The molecule has 1 aromatic carbocycles. The maximum Gasteiger partial charge on any atom is 0.255 e. The van der Waals surface area contributed by atoms with Gasteiger partial charge in [-0.1, -0.05) is 13.8 Å². The van der Waals surface area contributed by atoms with Gasteiger partial charge in [-0.2, -0.15) is 7.82 Å². The van der Waals surface area contributed by atoms with E-state index in [1.54, 1.807) is 18.9 Å². The number of amides is 1. The molecule has 1 N–H and O–H groups in total. The van der Waals surface area contributed by atoms with Gasteiger partial charge in [0, 0.05) is 17.5 Å². The summed E-state index contributed by atoms with van der Waals surface area (Å²) in [6.07, 6.45) is 2.39. The molecular formula is C17H26N2O6PS-3. The number of nitrogens with zero attached hydrogens (tertiary/aromatic N) is 1. The molecule has 154 valence electrons. The van der Waals surface area contributed by atoms with Crippen molar-refractivity contribution in [3.8, 4) is 5.75 Å². The molecule has 1 aliphatic rings. The van der Waals surface area contributed by atoms with Gasteiger partial charge in [0.15, 0.2) is 0 Å². The number of benzene rings is 1. The van der Waals surface area contributed by atoms with E-state index in [1.807, 2.05) is 18.2 Å². The van der Waals surface area contributed by atoms with E-state index in [2.05, 4.69) is 24.1 Å². The highest BCUT2D eigenvalue weighted by atomic mass is 32.2. The van der Waals surface area contributed by atoms with Crippen LogP contribution < -0.4 is 24.7 Å². The molecule has 1 saturated heterocycles. The van der Waals surface area contributed by atoms with E-state index in [4.69, 9.17) is 24.0 Å². The fourth-order valence-corrected chi connectivity index (χ4v) is 3.67. The monoisotopic (exact) mass is 417 g/mol. The minimum absolute atomic E-state index is 0.0432. The topological polar surface area (TPSA) is 128 Å². The van der Waals surface area contributed by atoms with Crippen LogP contribution >= 0.6 is 19.6 Å². The zero-order valence-corrected chi connectivity index (χ0v) is 17.5. The molecule has 1 atom stereocenters. The van der Waals surface area contributed by atoms with Gasteiger partial charge in [0.05, 0.1) is 12.7 Å². The summed E-state index contributed by atoms with van der Waals surface area (Å²) in [6, 6.07) is 6.27. The normalized spacial score (nSPS) is 17.2. The Morgan fingerprint density at radius 3 is 2.59 bits per heavy atom. The van der Waals surface area contributed by atoms with E-state index < -0.39 is 7.82 Å². The van der Waals surface area contributed by atoms with Crippen LogP contribution in [0.3, 0.4) is 0 Å². The Bertz CT molecular complexity index is 646. The van der Waals surface area contributed by atoms with Gasteiger partial charge in [-0.3, -0.25) is 9.69 Å². The molecule has 1 aromatic rings. The molecule has 1 fully saturated rings. The number of likely N-dealkylation sites (tertiary alicyclic amines) is 1. The lowest BCUT2D eigenvalue weighted by atomic mass is 10.1. The zero-order valence-electron chi connectivity index (χ0n) is 15.8. The molecular weight excluding hydrogens is 391 g/mol. The number of methoxy groups -OCH3 is 1. The van der Waals surface area contributed by atoms with E-state index in [-0.39, 0.29) is 5.91 Å². The Kier molecular flexibility index (Phi) is 10.4. The second kappa shape index (κ2) is 11.7. The lowest BCUT2D eigenvalue weighted by molar-refractivity contribution is -0.432. The number of phosphoric acid groups is 1. The third kappa shape index (κ3) is 9.10. The molecule has 0 saturated carbocycles. The third-order valence-electron chi connectivity index (χ3n) is 4.13. The summed E-state index contributed by atoms with van der Waals surface area (Å²) in [4.78, 5) is 41.7. The molecule has 0 aromatic heterocycles. The molecule has 1 unspecified atom stereocenters. The summed E-state index contributed by atoms with van der Waals surface area (Å²) in [7, 11) is -3.78. The first-order valence-electron chi connectivity index (χ1n) is 8.75. The highest BCUT2D eigenvalue weighted by Crippen LogP contribution is 2.26. The summed E-state index contributed by atoms with van der Waals surface area (Å²) in [5.74, 6) is 1.58. The maximum atomic E-state index is 12.5. The molecule has 1 aliphatic heterocycles. The van der Waals surface area contributed by atoms with Gasteiger partial charge in [-0.05, 0) is 49.9 Å². The predicted molar refractivity (Wildman–Crippen MR) is 99.6 cm³/mol. The first kappa shape index (κ1) is 23.9. The fourth-order valence-electron chi connectivity index (χ4n) is 2.97. The highest BCUT2D eigenvalue weighted by Gasteiger charge is 2.24. The van der Waals surface area contributed by atoms with Crippen molar-refractivity contribution >= 4 is 25.5 Å². The Balaban J connectivity index is 0.000000646. The van der Waals surface area contributed by atoms with E-state index in [1.165, 1.54) is 6.42 Å². The Morgan fingerprint density at radius 2 is 2.04 bits per heavy atom. The summed E-state index contributed by atoms with van der Waals surface area (Å²) in [5.41, 5.74) is 0.627. The standard InChI is InChI=1S/C17H26N2O2S.H3O4P/c1-4-19-10-6-7-13(19)12-18-17(20)15-11-14(22-5-2)8-9-16(15)21-3;1-5(2,3)4/h8-9,11,13H,4-7,10,12H2,1-3H3,(H,18,20);(H3,1,2,3,4)/p-3. The van der Waals surface area contributed by atoms with Crippen LogP contribution in [0, 0.1) is 0 Å². The van der Waals surface area contributed by atoms with Gasteiger partial charge < -0.3 is 29.3 Å². The average Bonchev–Trinajstić information content (AvgIpc) is 3.06. The van der Waals surface area contributed by atoms with Crippen molar-refractivity contribution in [2.75, 3.05) is 32.5 Å². The van der Waals surface area contributed by atoms with Gasteiger partial charge >= 0.3 is 0 Å². The molecule has 0 radical (unpaired) electrons. The van der Waals surface area contributed by atoms with Gasteiger partial charge in [0.1, 0.15) is 5.75 Å². The van der Waals surface area contributed by atoms with Crippen LogP contribution in [-0.4, -0.2) is 49.3 Å². The fraction of sp³-hybridized carbons (Fsp3) is 0.588. The number of carbonyl (C=O) groups excluding carboxylic acids is 1. The SMILES string of the molecule is CCSc1ccc(OC)c(C(=O)NCC2CCCN2CC)c1.O=P([O-])([O-])[O-]. The molecule has 1 amide bonds. The summed E-state index contributed by atoms with van der Waals surface area (Å²) < 4.78 is 13.9. The number of likely N-dealkylation sites (N-methyl/N-ethyl adjacent to an activating group) is 1. The lowest BCUT2D eigenvalue weighted by Crippen LogP contribution is -2.40. The van der Waals surface area contributed by atoms with Crippen molar-refractivity contribution < 1.29 is 28.8 Å². The number of hydrogen-bond donors (Lipinski definition) is 1. The number of nitrogens with one attached hydrogen (secondary N) is 1. The highest BCUT2D eigenvalue weighted by molar-refractivity contribution is 7.99. The minimum Gasteiger partial charge on any atom is -0.822 e. The second-order valence-electron chi connectivity index (χ2n) is 5.88. The number of thioether (sulfide) groups is 1. The second-order valence-corrected chi connectivity index (χ2v) is 8.11. The van der Waals surface area contributed by atoms with Crippen molar-refractivity contribution in [3.05, 3.63) is 23.8 Å². The summed E-state index contributed by atoms with van der Waals surface area (Å²) in [6.45, 7) is 7.18. The molecule has 0 bridgehead atoms. The Labute approximate surface area is 164 Å². The van der Waals surface area contributed by atoms with Crippen LogP contribution in [0.1, 0.15) is 37.0 Å². The van der Waals surface area contributed by atoms with Crippen LogP contribution in [0.2, 0.25) is 0 Å². The van der Waals surface area contributed by atoms with Crippen molar-refractivity contribution in [2.45, 2.75) is 37.6 Å². The number of rotatable bonds is 7. The smallest absolute Gasteiger partial charge is 0.255 e. The van der Waals surface area contributed by atoms with Crippen molar-refractivity contribution in [1.82, 2.24) is 10.2 Å². The summed E-state index contributed by atoms with van der Waals surface area (Å²) >= 11 is 1.73. The van der Waals surface area contributed by atoms with Crippen LogP contribution in [0.25, 0.3) is 0 Å². The number of ether oxygens (including phenoxy) is 1. The van der Waals surface area contributed by atoms with E-state index in [0.29, 0.717) is 23.9 Å². The van der Waals surface area contributed by atoms with Crippen LogP contribution in [0.15, 0.2) is 23.1 Å².